The molecular formula is C15H23ClN2O3. The minimum atomic E-state index is -0.924. The molecule has 0 unspecified atom stereocenters. The lowest BCUT2D eigenvalue weighted by molar-refractivity contribution is 0.0525. The standard InChI is InChI=1S/C15H23ClN2O3/c1-5-18(9-15(3,4)20)13-11(14(19)21-6-2)7-10(17)8-12(13)16/h7-8,20H,5-6,9,17H2,1-4H3. The van der Waals surface area contributed by atoms with E-state index in [4.69, 9.17) is 22.1 Å². The molecule has 0 aliphatic heterocycles. The van der Waals surface area contributed by atoms with E-state index in [0.717, 1.165) is 0 Å². The molecule has 6 heteroatoms. The Kier molecular flexibility index (Phi) is 5.87. The van der Waals surface area contributed by atoms with Crippen molar-refractivity contribution in [1.82, 2.24) is 0 Å². The maximum atomic E-state index is 12.1. The Morgan fingerprint density at radius 3 is 2.52 bits per heavy atom. The largest absolute Gasteiger partial charge is 0.462 e. The van der Waals surface area contributed by atoms with E-state index >= 15 is 0 Å². The van der Waals surface area contributed by atoms with Gasteiger partial charge < -0.3 is 20.5 Å². The molecular weight excluding hydrogens is 292 g/mol. The van der Waals surface area contributed by atoms with Gasteiger partial charge in [0, 0.05) is 18.8 Å². The normalized spacial score (nSPS) is 11.3. The third kappa shape index (κ3) is 4.79. The van der Waals surface area contributed by atoms with Gasteiger partial charge in [0.05, 0.1) is 28.5 Å². The van der Waals surface area contributed by atoms with Crippen molar-refractivity contribution in [2.24, 2.45) is 0 Å². The quantitative estimate of drug-likeness (QED) is 0.623. The average molecular weight is 315 g/mol. The van der Waals surface area contributed by atoms with E-state index in [0.29, 0.717) is 35.1 Å². The number of ether oxygens (including phenoxy) is 1. The lowest BCUT2D eigenvalue weighted by Gasteiger charge is -2.31. The van der Waals surface area contributed by atoms with Crippen molar-refractivity contribution in [2.45, 2.75) is 33.3 Å². The fraction of sp³-hybridized carbons (Fsp3) is 0.533. The van der Waals surface area contributed by atoms with E-state index in [-0.39, 0.29) is 6.61 Å². The summed E-state index contributed by atoms with van der Waals surface area (Å²) in [6.07, 6.45) is 0. The van der Waals surface area contributed by atoms with Gasteiger partial charge in [-0.25, -0.2) is 4.79 Å². The Hall–Kier alpha value is -1.46. The monoisotopic (exact) mass is 314 g/mol. The third-order valence-corrected chi connectivity index (χ3v) is 3.14. The first kappa shape index (κ1) is 17.6. The zero-order chi connectivity index (χ0) is 16.2. The van der Waals surface area contributed by atoms with Crippen molar-refractivity contribution in [1.29, 1.82) is 0 Å². The Bertz CT molecular complexity index is 512. The van der Waals surface area contributed by atoms with Crippen LogP contribution in [0.3, 0.4) is 0 Å². The Morgan fingerprint density at radius 2 is 2.05 bits per heavy atom. The predicted molar refractivity (Wildman–Crippen MR) is 86.0 cm³/mol. The van der Waals surface area contributed by atoms with E-state index in [1.165, 1.54) is 0 Å². The van der Waals surface area contributed by atoms with Gasteiger partial charge in [0.1, 0.15) is 0 Å². The number of aliphatic hydroxyl groups is 1. The molecule has 0 heterocycles. The highest BCUT2D eigenvalue weighted by molar-refractivity contribution is 6.34. The third-order valence-electron chi connectivity index (χ3n) is 2.86. The predicted octanol–water partition coefficient (Wildman–Crippen LogP) is 2.70. The Labute approximate surface area is 130 Å². The highest BCUT2D eigenvalue weighted by atomic mass is 35.5. The number of halogens is 1. The summed E-state index contributed by atoms with van der Waals surface area (Å²) in [5, 5.41) is 10.4. The maximum absolute atomic E-state index is 12.1. The lowest BCUT2D eigenvalue weighted by atomic mass is 10.1. The molecule has 0 fully saturated rings. The highest BCUT2D eigenvalue weighted by Crippen LogP contribution is 2.34. The van der Waals surface area contributed by atoms with Crippen LogP contribution in [0, 0.1) is 0 Å². The molecule has 0 amide bonds. The number of hydrogen-bond donors (Lipinski definition) is 2. The molecule has 0 aromatic heterocycles. The first-order valence-electron chi connectivity index (χ1n) is 6.93. The second-order valence-corrected chi connectivity index (χ2v) is 5.85. The minimum absolute atomic E-state index is 0.266. The van der Waals surface area contributed by atoms with E-state index in [1.54, 1.807) is 32.9 Å². The fourth-order valence-electron chi connectivity index (χ4n) is 2.12. The molecule has 0 radical (unpaired) electrons. The van der Waals surface area contributed by atoms with Gasteiger partial charge in [0.25, 0.3) is 0 Å². The number of carbonyl (C=O) groups is 1. The number of anilines is 2. The van der Waals surface area contributed by atoms with Crippen molar-refractivity contribution in [2.75, 3.05) is 30.3 Å². The van der Waals surface area contributed by atoms with Gasteiger partial charge in [0.15, 0.2) is 0 Å². The van der Waals surface area contributed by atoms with Crippen LogP contribution in [0.1, 0.15) is 38.1 Å². The van der Waals surface area contributed by atoms with Crippen LogP contribution < -0.4 is 10.6 Å². The highest BCUT2D eigenvalue weighted by Gasteiger charge is 2.25. The number of carbonyl (C=O) groups excluding carboxylic acids is 1. The average Bonchev–Trinajstić information content (AvgIpc) is 2.34. The Morgan fingerprint density at radius 1 is 1.43 bits per heavy atom. The molecule has 0 atom stereocenters. The zero-order valence-electron chi connectivity index (χ0n) is 12.9. The summed E-state index contributed by atoms with van der Waals surface area (Å²) < 4.78 is 5.06. The van der Waals surface area contributed by atoms with Crippen LogP contribution in [0.4, 0.5) is 11.4 Å². The molecule has 0 aliphatic carbocycles. The van der Waals surface area contributed by atoms with Crippen LogP contribution in [0.15, 0.2) is 12.1 Å². The van der Waals surface area contributed by atoms with Gasteiger partial charge >= 0.3 is 5.97 Å². The number of hydrogen-bond acceptors (Lipinski definition) is 5. The fourth-order valence-corrected chi connectivity index (χ4v) is 2.47. The van der Waals surface area contributed by atoms with Crippen LogP contribution in [-0.2, 0) is 4.74 Å². The molecule has 3 N–H and O–H groups in total. The number of nitrogen functional groups attached to an aromatic ring is 1. The van der Waals surface area contributed by atoms with Crippen molar-refractivity contribution >= 4 is 28.9 Å². The maximum Gasteiger partial charge on any atom is 0.340 e. The second kappa shape index (κ2) is 7.00. The molecule has 118 valence electrons. The smallest absolute Gasteiger partial charge is 0.340 e. The summed E-state index contributed by atoms with van der Waals surface area (Å²) in [4.78, 5) is 14.0. The van der Waals surface area contributed by atoms with Crippen LogP contribution in [0.2, 0.25) is 5.02 Å². The Balaban J connectivity index is 3.34. The molecule has 0 saturated carbocycles. The summed E-state index contributed by atoms with van der Waals surface area (Å²) in [6.45, 7) is 8.24. The number of nitrogens with two attached hydrogens (primary N) is 1. The number of rotatable bonds is 6. The molecule has 1 aromatic carbocycles. The molecule has 21 heavy (non-hydrogen) atoms. The van der Waals surface area contributed by atoms with Crippen LogP contribution in [0.5, 0.6) is 0 Å². The minimum Gasteiger partial charge on any atom is -0.462 e. The number of likely N-dealkylation sites (N-methyl/N-ethyl adjacent to an activating group) is 1. The zero-order valence-corrected chi connectivity index (χ0v) is 13.7. The first-order chi connectivity index (χ1) is 9.69. The molecule has 0 aliphatic rings. The summed E-state index contributed by atoms with van der Waals surface area (Å²) >= 11 is 6.27. The molecule has 0 bridgehead atoms. The summed E-state index contributed by atoms with van der Waals surface area (Å²) in [7, 11) is 0. The van der Waals surface area contributed by atoms with Gasteiger partial charge in [0.2, 0.25) is 0 Å². The molecule has 0 spiro atoms. The van der Waals surface area contributed by atoms with Crippen molar-refractivity contribution in [3.8, 4) is 0 Å². The summed E-state index contributed by atoms with van der Waals surface area (Å²) in [5.74, 6) is -0.476. The molecule has 1 aromatic rings. The number of benzene rings is 1. The van der Waals surface area contributed by atoms with Gasteiger partial charge in [-0.2, -0.15) is 0 Å². The molecule has 1 rings (SSSR count). The van der Waals surface area contributed by atoms with E-state index in [9.17, 15) is 9.90 Å². The number of nitrogens with zero attached hydrogens (tertiary/aromatic N) is 1. The summed E-state index contributed by atoms with van der Waals surface area (Å²) in [6, 6.07) is 3.14. The van der Waals surface area contributed by atoms with Gasteiger partial charge in [-0.1, -0.05) is 11.6 Å². The van der Waals surface area contributed by atoms with Crippen LogP contribution in [-0.4, -0.2) is 36.4 Å². The van der Waals surface area contributed by atoms with E-state index in [1.807, 2.05) is 11.8 Å². The van der Waals surface area contributed by atoms with E-state index in [2.05, 4.69) is 0 Å². The van der Waals surface area contributed by atoms with Crippen LogP contribution >= 0.6 is 11.6 Å². The second-order valence-electron chi connectivity index (χ2n) is 5.45. The summed E-state index contributed by atoms with van der Waals surface area (Å²) in [5.41, 5.74) is 6.09. The lowest BCUT2D eigenvalue weighted by Crippen LogP contribution is -2.39. The van der Waals surface area contributed by atoms with Crippen molar-refractivity contribution < 1.29 is 14.6 Å². The SMILES string of the molecule is CCOC(=O)c1cc(N)cc(Cl)c1N(CC)CC(C)(C)O. The van der Waals surface area contributed by atoms with Gasteiger partial charge in [-0.3, -0.25) is 0 Å². The molecule has 5 nitrogen and oxygen atoms in total. The topological polar surface area (TPSA) is 75.8 Å². The van der Waals surface area contributed by atoms with Gasteiger partial charge in [-0.05, 0) is 39.8 Å². The van der Waals surface area contributed by atoms with Gasteiger partial charge in [-0.15, -0.1) is 0 Å². The van der Waals surface area contributed by atoms with E-state index < -0.39 is 11.6 Å². The number of esters is 1. The molecule has 0 saturated heterocycles. The van der Waals surface area contributed by atoms with Crippen molar-refractivity contribution in [3.05, 3.63) is 22.7 Å². The van der Waals surface area contributed by atoms with Crippen LogP contribution in [0.25, 0.3) is 0 Å². The first-order valence-corrected chi connectivity index (χ1v) is 7.30. The van der Waals surface area contributed by atoms with Crippen molar-refractivity contribution in [3.63, 3.8) is 0 Å².